The number of aryl methyl sites for hydroxylation is 6. The second-order valence-corrected chi connectivity index (χ2v) is 17.4. The van der Waals surface area contributed by atoms with Gasteiger partial charge in [-0.25, -0.2) is 9.97 Å². The number of benzene rings is 5. The molecule has 0 fully saturated rings. The molecule has 10 rings (SSSR count). The van der Waals surface area contributed by atoms with E-state index in [1.165, 1.54) is 49.9 Å². The minimum absolute atomic E-state index is 0.0148. The maximum Gasteiger partial charge on any atom is 0.146 e. The van der Waals surface area contributed by atoms with Crippen LogP contribution in [0.15, 0.2) is 122 Å². The second-order valence-electron chi connectivity index (χ2n) is 17.4. The molecule has 0 saturated carbocycles. The maximum atomic E-state index is 6.84. The van der Waals surface area contributed by atoms with Crippen molar-refractivity contribution in [2.45, 2.75) is 67.7 Å². The summed E-state index contributed by atoms with van der Waals surface area (Å²) in [6.45, 7) is 19.9. The van der Waals surface area contributed by atoms with Gasteiger partial charge in [0.15, 0.2) is 0 Å². The molecule has 0 spiro atoms. The molecule has 0 aliphatic carbocycles. The zero-order valence-corrected chi connectivity index (χ0v) is 35.2. The van der Waals surface area contributed by atoms with E-state index >= 15 is 0 Å². The molecule has 0 aliphatic heterocycles. The van der Waals surface area contributed by atoms with Crippen LogP contribution in [0.4, 0.5) is 0 Å². The molecule has 0 amide bonds. The van der Waals surface area contributed by atoms with E-state index in [0.29, 0.717) is 0 Å². The summed E-state index contributed by atoms with van der Waals surface area (Å²) in [5, 5.41) is 4.33. The third-order valence-electron chi connectivity index (χ3n) is 11.9. The minimum atomic E-state index is -0.0148. The first-order chi connectivity index (χ1) is 28.4. The summed E-state index contributed by atoms with van der Waals surface area (Å²) in [4.78, 5) is 15.5. The van der Waals surface area contributed by atoms with E-state index < -0.39 is 0 Å². The fraction of sp³-hybridized carbons (Fsp3) is 0.189. The van der Waals surface area contributed by atoms with Gasteiger partial charge in [0.1, 0.15) is 23.0 Å². The molecular formula is C53H47N5O. The number of ether oxygens (including phenoxy) is 1. The molecule has 10 aromatic rings. The first kappa shape index (κ1) is 36.5. The highest BCUT2D eigenvalue weighted by Gasteiger charge is 2.26. The summed E-state index contributed by atoms with van der Waals surface area (Å²) in [6, 6.07) is 38.8. The quantitative estimate of drug-likeness (QED) is 0.164. The first-order valence-electron chi connectivity index (χ1n) is 20.4. The van der Waals surface area contributed by atoms with Gasteiger partial charge in [0.2, 0.25) is 0 Å². The Balaban J connectivity index is 1.21. The van der Waals surface area contributed by atoms with Gasteiger partial charge in [0, 0.05) is 51.1 Å². The van der Waals surface area contributed by atoms with Crippen LogP contribution in [0.25, 0.3) is 77.6 Å². The topological polar surface area (TPSA) is 57.2 Å². The molecule has 5 heterocycles. The number of imidazole rings is 1. The van der Waals surface area contributed by atoms with Gasteiger partial charge in [0.05, 0.1) is 33.5 Å². The predicted molar refractivity (Wildman–Crippen MR) is 245 cm³/mol. The van der Waals surface area contributed by atoms with Crippen LogP contribution in [0.5, 0.6) is 11.5 Å². The van der Waals surface area contributed by atoms with E-state index in [1.54, 1.807) is 0 Å². The highest BCUT2D eigenvalue weighted by atomic mass is 16.5. The van der Waals surface area contributed by atoms with Crippen LogP contribution in [0, 0.1) is 41.5 Å². The van der Waals surface area contributed by atoms with Crippen molar-refractivity contribution >= 4 is 49.3 Å². The third kappa shape index (κ3) is 5.88. The SMILES string of the molecule is Cc1cc(C)c(-c2nc3c4cc(Oc5ccc6c7ccccc7n(-c7cc(C(C)(C)C)ccn7)c6c5)ccc4c4ncccc4n3c2-c2c(C)cc(C)cc2C)c(C)c1. The highest BCUT2D eigenvalue weighted by Crippen LogP contribution is 2.44. The zero-order valence-electron chi connectivity index (χ0n) is 35.2. The van der Waals surface area contributed by atoms with Crippen LogP contribution in [0.1, 0.15) is 59.7 Å². The fourth-order valence-corrected chi connectivity index (χ4v) is 9.51. The Morgan fingerprint density at radius 1 is 0.525 bits per heavy atom. The molecule has 290 valence electrons. The largest absolute Gasteiger partial charge is 0.457 e. The van der Waals surface area contributed by atoms with Crippen molar-refractivity contribution in [2.75, 3.05) is 0 Å². The number of nitrogens with zero attached hydrogens (tertiary/aromatic N) is 5. The Hall–Kier alpha value is -6.79. The molecular weight excluding hydrogens is 723 g/mol. The van der Waals surface area contributed by atoms with Crippen molar-refractivity contribution in [1.29, 1.82) is 0 Å². The number of rotatable bonds is 5. The van der Waals surface area contributed by atoms with Gasteiger partial charge in [-0.2, -0.15) is 0 Å². The number of fused-ring (bicyclic) bond motifs is 9. The average Bonchev–Trinajstić information content (AvgIpc) is 3.73. The van der Waals surface area contributed by atoms with Crippen LogP contribution in [-0.2, 0) is 5.41 Å². The zero-order chi connectivity index (χ0) is 40.9. The summed E-state index contributed by atoms with van der Waals surface area (Å²) < 4.78 is 11.4. The monoisotopic (exact) mass is 769 g/mol. The molecule has 0 N–H and O–H groups in total. The second kappa shape index (κ2) is 13.4. The minimum Gasteiger partial charge on any atom is -0.457 e. The van der Waals surface area contributed by atoms with Crippen molar-refractivity contribution in [3.05, 3.63) is 161 Å². The first-order valence-corrected chi connectivity index (χ1v) is 20.4. The lowest BCUT2D eigenvalue weighted by Gasteiger charge is -2.20. The highest BCUT2D eigenvalue weighted by molar-refractivity contribution is 6.13. The summed E-state index contributed by atoms with van der Waals surface area (Å²) in [7, 11) is 0. The molecule has 0 bridgehead atoms. The number of hydrogen-bond acceptors (Lipinski definition) is 4. The van der Waals surface area contributed by atoms with Crippen LogP contribution < -0.4 is 4.74 Å². The van der Waals surface area contributed by atoms with Gasteiger partial charge in [-0.3, -0.25) is 14.0 Å². The molecule has 0 atom stereocenters. The standard InChI is InChI=1S/C53H47N5O/c1-30-23-32(3)47(33(4)24-30)50-51(48-34(5)25-31(2)26-35(48)6)58-44-15-12-21-55-49(44)41-19-17-37(28-42(41)52(58)56-50)59-38-16-18-40-39-13-10-11-14-43(39)57(45(40)29-38)46-27-36(20-22-54-46)53(7,8)9/h10-29H,1-9H3. The molecule has 0 unspecified atom stereocenters. The molecule has 0 radical (unpaired) electrons. The Morgan fingerprint density at radius 3 is 1.86 bits per heavy atom. The Bertz CT molecular complexity index is 3310. The van der Waals surface area contributed by atoms with E-state index in [1.807, 2.05) is 24.5 Å². The van der Waals surface area contributed by atoms with Crippen molar-refractivity contribution in [3.8, 4) is 39.8 Å². The van der Waals surface area contributed by atoms with Gasteiger partial charge in [0.25, 0.3) is 0 Å². The molecule has 6 heteroatoms. The van der Waals surface area contributed by atoms with Gasteiger partial charge in [-0.15, -0.1) is 0 Å². The maximum absolute atomic E-state index is 6.84. The van der Waals surface area contributed by atoms with E-state index in [4.69, 9.17) is 19.7 Å². The average molecular weight is 770 g/mol. The van der Waals surface area contributed by atoms with Gasteiger partial charge >= 0.3 is 0 Å². The molecule has 6 nitrogen and oxygen atoms in total. The van der Waals surface area contributed by atoms with E-state index in [-0.39, 0.29) is 5.41 Å². The Kier molecular flexibility index (Phi) is 8.29. The lowest BCUT2D eigenvalue weighted by molar-refractivity contribution is 0.484. The van der Waals surface area contributed by atoms with E-state index in [9.17, 15) is 0 Å². The van der Waals surface area contributed by atoms with Crippen molar-refractivity contribution in [1.82, 2.24) is 23.9 Å². The summed E-state index contributed by atoms with van der Waals surface area (Å²) in [5.41, 5.74) is 17.9. The molecule has 0 aliphatic rings. The summed E-state index contributed by atoms with van der Waals surface area (Å²) in [6.07, 6.45) is 3.80. The summed E-state index contributed by atoms with van der Waals surface area (Å²) in [5.74, 6) is 2.35. The molecule has 59 heavy (non-hydrogen) atoms. The molecule has 5 aromatic heterocycles. The Morgan fingerprint density at radius 2 is 1.15 bits per heavy atom. The predicted octanol–water partition coefficient (Wildman–Crippen LogP) is 13.8. The van der Waals surface area contributed by atoms with E-state index in [2.05, 4.69) is 168 Å². The lowest BCUT2D eigenvalue weighted by atomic mass is 9.88. The van der Waals surface area contributed by atoms with Gasteiger partial charge in [-0.05, 0) is 135 Å². The third-order valence-corrected chi connectivity index (χ3v) is 11.9. The lowest BCUT2D eigenvalue weighted by Crippen LogP contribution is -2.12. The normalized spacial score (nSPS) is 12.2. The van der Waals surface area contributed by atoms with Crippen LogP contribution in [0.3, 0.4) is 0 Å². The van der Waals surface area contributed by atoms with Gasteiger partial charge in [-0.1, -0.05) is 74.4 Å². The fourth-order valence-electron chi connectivity index (χ4n) is 9.51. The smallest absolute Gasteiger partial charge is 0.146 e. The van der Waals surface area contributed by atoms with Crippen molar-refractivity contribution in [3.63, 3.8) is 0 Å². The van der Waals surface area contributed by atoms with Crippen LogP contribution in [0.2, 0.25) is 0 Å². The van der Waals surface area contributed by atoms with Crippen LogP contribution in [-0.4, -0.2) is 23.9 Å². The summed E-state index contributed by atoms with van der Waals surface area (Å²) >= 11 is 0. The van der Waals surface area contributed by atoms with Crippen molar-refractivity contribution < 1.29 is 4.74 Å². The van der Waals surface area contributed by atoms with Crippen LogP contribution >= 0.6 is 0 Å². The van der Waals surface area contributed by atoms with Gasteiger partial charge < -0.3 is 4.74 Å². The Labute approximate surface area is 344 Å². The number of hydrogen-bond donors (Lipinski definition) is 0. The number of para-hydroxylation sites is 1. The number of pyridine rings is 3. The number of aromatic nitrogens is 5. The molecule has 0 saturated heterocycles. The molecule has 5 aromatic carbocycles. The van der Waals surface area contributed by atoms with Crippen molar-refractivity contribution in [2.24, 2.45) is 0 Å². The van der Waals surface area contributed by atoms with E-state index in [0.717, 1.165) is 78.1 Å².